The Morgan fingerprint density at radius 2 is 2.00 bits per heavy atom. The van der Waals surface area contributed by atoms with Crippen molar-refractivity contribution >= 4 is 35.1 Å². The largest absolute Gasteiger partial charge is 0.452 e. The summed E-state index contributed by atoms with van der Waals surface area (Å²) in [4.78, 5) is 43.8. The number of esters is 1. The molecule has 2 heterocycles. The van der Waals surface area contributed by atoms with Gasteiger partial charge in [0.2, 0.25) is 5.91 Å². The van der Waals surface area contributed by atoms with Crippen LogP contribution in [0.15, 0.2) is 18.3 Å². The van der Waals surface area contributed by atoms with Gasteiger partial charge in [-0.15, -0.1) is 0 Å². The van der Waals surface area contributed by atoms with Crippen LogP contribution >= 0.6 is 11.6 Å². The topological polar surface area (TPSA) is 97.8 Å². The quantitative estimate of drug-likeness (QED) is 0.557. The van der Waals surface area contributed by atoms with Gasteiger partial charge in [-0.2, -0.15) is 0 Å². The molecule has 1 aliphatic carbocycles. The number of hydrogen-bond donors (Lipinski definition) is 1. The first kappa shape index (κ1) is 21.5. The lowest BCUT2D eigenvalue weighted by Gasteiger charge is -2.32. The fourth-order valence-electron chi connectivity index (χ4n) is 3.77. The molecule has 1 N–H and O–H groups in total. The zero-order valence-corrected chi connectivity index (χ0v) is 17.2. The number of anilines is 1. The van der Waals surface area contributed by atoms with E-state index < -0.39 is 23.4 Å². The van der Waals surface area contributed by atoms with Crippen molar-refractivity contribution in [2.75, 3.05) is 31.6 Å². The van der Waals surface area contributed by atoms with Crippen LogP contribution in [0.3, 0.4) is 0 Å². The molecule has 2 amide bonds. The number of hydrogen-bond acceptors (Lipinski definition) is 6. The van der Waals surface area contributed by atoms with E-state index in [1.165, 1.54) is 13.1 Å². The minimum absolute atomic E-state index is 0.0635. The van der Waals surface area contributed by atoms with E-state index in [1.807, 2.05) is 0 Å². The van der Waals surface area contributed by atoms with Crippen molar-refractivity contribution in [3.05, 3.63) is 23.5 Å². The molecular formula is C20H26ClN3O5. The molecule has 1 saturated carbocycles. The molecule has 0 radical (unpaired) electrons. The van der Waals surface area contributed by atoms with Gasteiger partial charge in [0.25, 0.3) is 5.91 Å². The SMILES string of the molecule is CC(OC(=O)C1(CC(=O)N2CCOCC2)CCCC1)C(=O)Nc1cccnc1Cl. The van der Waals surface area contributed by atoms with E-state index in [2.05, 4.69) is 10.3 Å². The average molecular weight is 424 g/mol. The Labute approximate surface area is 174 Å². The van der Waals surface area contributed by atoms with Crippen LogP contribution in [0, 0.1) is 5.41 Å². The molecule has 1 aromatic rings. The van der Waals surface area contributed by atoms with Gasteiger partial charge in [0.15, 0.2) is 11.3 Å². The van der Waals surface area contributed by atoms with Gasteiger partial charge >= 0.3 is 5.97 Å². The number of nitrogens with zero attached hydrogens (tertiary/aromatic N) is 2. The first-order chi connectivity index (χ1) is 13.9. The second-order valence-corrected chi connectivity index (χ2v) is 7.89. The smallest absolute Gasteiger partial charge is 0.313 e. The highest BCUT2D eigenvalue weighted by atomic mass is 35.5. The summed E-state index contributed by atoms with van der Waals surface area (Å²) in [5.74, 6) is -1.05. The van der Waals surface area contributed by atoms with E-state index in [4.69, 9.17) is 21.1 Å². The van der Waals surface area contributed by atoms with E-state index in [0.717, 1.165) is 12.8 Å². The minimum Gasteiger partial charge on any atom is -0.452 e. The van der Waals surface area contributed by atoms with Crippen molar-refractivity contribution in [3.8, 4) is 0 Å². The summed E-state index contributed by atoms with van der Waals surface area (Å²) in [6, 6.07) is 3.25. The Kier molecular flexibility index (Phi) is 7.08. The number of halogens is 1. The van der Waals surface area contributed by atoms with Crippen LogP contribution in [0.1, 0.15) is 39.0 Å². The summed E-state index contributed by atoms with van der Waals surface area (Å²) in [6.45, 7) is 3.60. The minimum atomic E-state index is -1.02. The third-order valence-corrected chi connectivity index (χ3v) is 5.82. The van der Waals surface area contributed by atoms with E-state index in [1.54, 1.807) is 17.0 Å². The number of pyridine rings is 1. The monoisotopic (exact) mass is 423 g/mol. The molecule has 0 aromatic carbocycles. The van der Waals surface area contributed by atoms with Gasteiger partial charge in [0, 0.05) is 25.7 Å². The van der Waals surface area contributed by atoms with Crippen molar-refractivity contribution in [2.45, 2.75) is 45.1 Å². The number of ether oxygens (including phenoxy) is 2. The Balaban J connectivity index is 1.62. The van der Waals surface area contributed by atoms with E-state index in [9.17, 15) is 14.4 Å². The fourth-order valence-corrected chi connectivity index (χ4v) is 3.94. The van der Waals surface area contributed by atoms with Gasteiger partial charge in [-0.3, -0.25) is 14.4 Å². The van der Waals surface area contributed by atoms with Crippen molar-refractivity contribution < 1.29 is 23.9 Å². The zero-order valence-electron chi connectivity index (χ0n) is 16.5. The number of carbonyl (C=O) groups excluding carboxylic acids is 3. The maximum atomic E-state index is 13.0. The molecule has 8 nitrogen and oxygen atoms in total. The Morgan fingerprint density at radius 1 is 1.31 bits per heavy atom. The molecule has 29 heavy (non-hydrogen) atoms. The number of rotatable bonds is 6. The van der Waals surface area contributed by atoms with Gasteiger partial charge in [-0.1, -0.05) is 24.4 Å². The molecule has 2 fully saturated rings. The average Bonchev–Trinajstić information content (AvgIpc) is 3.20. The standard InChI is InChI=1S/C20H26ClN3O5/c1-14(18(26)23-15-5-4-8-22-17(15)21)29-19(27)20(6-2-3-7-20)13-16(25)24-9-11-28-12-10-24/h4-5,8,14H,2-3,6-7,9-13H2,1H3,(H,23,26). The fraction of sp³-hybridized carbons (Fsp3) is 0.600. The van der Waals surface area contributed by atoms with Crippen molar-refractivity contribution in [1.29, 1.82) is 0 Å². The Hall–Kier alpha value is -2.19. The first-order valence-corrected chi connectivity index (χ1v) is 10.3. The number of carbonyl (C=O) groups is 3. The number of aromatic nitrogens is 1. The summed E-state index contributed by atoms with van der Waals surface area (Å²) in [5, 5.41) is 2.77. The van der Waals surface area contributed by atoms with Crippen LogP contribution in [-0.4, -0.2) is 60.1 Å². The van der Waals surface area contributed by atoms with Gasteiger partial charge in [-0.05, 0) is 31.9 Å². The van der Waals surface area contributed by atoms with Crippen LogP contribution in [0.5, 0.6) is 0 Å². The van der Waals surface area contributed by atoms with E-state index >= 15 is 0 Å². The summed E-state index contributed by atoms with van der Waals surface area (Å²) < 4.78 is 10.8. The molecule has 158 valence electrons. The third kappa shape index (κ3) is 5.25. The summed E-state index contributed by atoms with van der Waals surface area (Å²) >= 11 is 5.95. The molecule has 0 spiro atoms. The third-order valence-electron chi connectivity index (χ3n) is 5.52. The molecule has 1 atom stereocenters. The lowest BCUT2D eigenvalue weighted by Crippen LogP contribution is -2.45. The molecule has 1 saturated heterocycles. The second-order valence-electron chi connectivity index (χ2n) is 7.54. The normalized spacial score (nSPS) is 19.4. The highest BCUT2D eigenvalue weighted by Gasteiger charge is 2.46. The zero-order chi connectivity index (χ0) is 20.9. The summed E-state index contributed by atoms with van der Waals surface area (Å²) in [7, 11) is 0. The van der Waals surface area contributed by atoms with Crippen molar-refractivity contribution in [3.63, 3.8) is 0 Å². The molecule has 0 bridgehead atoms. The van der Waals surface area contributed by atoms with Crippen LogP contribution < -0.4 is 5.32 Å². The first-order valence-electron chi connectivity index (χ1n) is 9.89. The number of nitrogens with one attached hydrogen (secondary N) is 1. The lowest BCUT2D eigenvalue weighted by molar-refractivity contribution is -0.166. The van der Waals surface area contributed by atoms with Crippen molar-refractivity contribution in [2.24, 2.45) is 5.41 Å². The molecule has 2 aliphatic rings. The number of amides is 2. The van der Waals surface area contributed by atoms with Gasteiger partial charge in [0.05, 0.1) is 24.3 Å². The highest BCUT2D eigenvalue weighted by Crippen LogP contribution is 2.43. The van der Waals surface area contributed by atoms with Gasteiger partial charge in [-0.25, -0.2) is 4.98 Å². The predicted molar refractivity (Wildman–Crippen MR) is 106 cm³/mol. The maximum Gasteiger partial charge on any atom is 0.313 e. The van der Waals surface area contributed by atoms with E-state index in [-0.39, 0.29) is 17.5 Å². The lowest BCUT2D eigenvalue weighted by atomic mass is 9.82. The molecule has 1 aromatic heterocycles. The van der Waals surface area contributed by atoms with Crippen LogP contribution in [-0.2, 0) is 23.9 Å². The molecule has 1 unspecified atom stereocenters. The Bertz CT molecular complexity index is 760. The van der Waals surface area contributed by atoms with Crippen molar-refractivity contribution in [1.82, 2.24) is 9.88 Å². The highest BCUT2D eigenvalue weighted by molar-refractivity contribution is 6.32. The van der Waals surface area contributed by atoms with Gasteiger partial charge < -0.3 is 19.7 Å². The Morgan fingerprint density at radius 3 is 2.66 bits per heavy atom. The summed E-state index contributed by atoms with van der Waals surface area (Å²) in [5.41, 5.74) is -0.518. The van der Waals surface area contributed by atoms with Crippen LogP contribution in [0.25, 0.3) is 0 Å². The van der Waals surface area contributed by atoms with Crippen LogP contribution in [0.4, 0.5) is 5.69 Å². The van der Waals surface area contributed by atoms with E-state index in [0.29, 0.717) is 44.8 Å². The molecule has 3 rings (SSSR count). The molecular weight excluding hydrogens is 398 g/mol. The van der Waals surface area contributed by atoms with Gasteiger partial charge in [0.1, 0.15) is 0 Å². The predicted octanol–water partition coefficient (Wildman–Crippen LogP) is 2.41. The summed E-state index contributed by atoms with van der Waals surface area (Å²) in [6.07, 6.45) is 3.49. The second kappa shape index (κ2) is 9.54. The maximum absolute atomic E-state index is 13.0. The number of morpholine rings is 1. The molecule has 1 aliphatic heterocycles. The van der Waals surface area contributed by atoms with Crippen LogP contribution in [0.2, 0.25) is 5.15 Å². The molecule has 9 heteroatoms.